The smallest absolute Gasteiger partial charge is 0.254 e. The molecule has 0 amide bonds. The van der Waals surface area contributed by atoms with Gasteiger partial charge in [-0.25, -0.2) is 0 Å². The van der Waals surface area contributed by atoms with E-state index in [-0.39, 0.29) is 17.7 Å². The summed E-state index contributed by atoms with van der Waals surface area (Å²) < 4.78 is 19.4. The van der Waals surface area contributed by atoms with Crippen molar-refractivity contribution in [3.8, 4) is 29.1 Å². The fourth-order valence-corrected chi connectivity index (χ4v) is 4.03. The van der Waals surface area contributed by atoms with Crippen LogP contribution in [-0.4, -0.2) is 23.9 Å². The summed E-state index contributed by atoms with van der Waals surface area (Å²) in [5.41, 5.74) is 2.79. The lowest BCUT2D eigenvalue weighted by Gasteiger charge is -2.26. The van der Waals surface area contributed by atoms with Crippen LogP contribution in [0, 0.1) is 24.7 Å². The van der Waals surface area contributed by atoms with E-state index in [1.807, 2.05) is 62.4 Å². The second-order valence-corrected chi connectivity index (χ2v) is 8.69. The average Bonchev–Trinajstić information content (AvgIpc) is 3.66. The second kappa shape index (κ2) is 9.07. The first-order valence-corrected chi connectivity index (χ1v) is 11.4. The van der Waals surface area contributed by atoms with E-state index in [0.717, 1.165) is 22.6 Å². The Labute approximate surface area is 193 Å². The molecule has 1 aliphatic heterocycles. The number of para-hydroxylation sites is 2. The Kier molecular flexibility index (Phi) is 5.83. The van der Waals surface area contributed by atoms with Crippen LogP contribution in [0.25, 0.3) is 0 Å². The number of nitrogens with zero attached hydrogens (tertiary/aromatic N) is 1. The van der Waals surface area contributed by atoms with Gasteiger partial charge < -0.3 is 18.8 Å². The van der Waals surface area contributed by atoms with Gasteiger partial charge in [0.2, 0.25) is 0 Å². The summed E-state index contributed by atoms with van der Waals surface area (Å²) in [6.07, 6.45) is 2.18. The maximum atomic E-state index is 13.0. The van der Waals surface area contributed by atoms with Gasteiger partial charge in [-0.3, -0.25) is 4.79 Å². The number of benzene rings is 2. The summed E-state index contributed by atoms with van der Waals surface area (Å²) in [6.45, 7) is 4.67. The third-order valence-corrected chi connectivity index (χ3v) is 5.99. The van der Waals surface area contributed by atoms with Crippen LogP contribution in [0.5, 0.6) is 17.2 Å². The van der Waals surface area contributed by atoms with Crippen LogP contribution >= 0.6 is 0 Å². The minimum absolute atomic E-state index is 0.0990. The van der Waals surface area contributed by atoms with Gasteiger partial charge in [0.25, 0.3) is 5.56 Å². The fraction of sp³-hybridized carbons (Fsp3) is 0.321. The molecule has 1 fully saturated rings. The maximum Gasteiger partial charge on any atom is 0.254 e. The monoisotopic (exact) mass is 441 g/mol. The molecule has 0 bridgehead atoms. The minimum atomic E-state index is -0.235. The van der Waals surface area contributed by atoms with Crippen molar-refractivity contribution in [2.75, 3.05) is 13.2 Å². The van der Waals surface area contributed by atoms with Crippen LogP contribution in [-0.2, 0) is 0 Å². The first-order chi connectivity index (χ1) is 16.1. The lowest BCUT2D eigenvalue weighted by atomic mass is 10.0. The van der Waals surface area contributed by atoms with Crippen molar-refractivity contribution in [1.29, 1.82) is 0 Å². The van der Waals surface area contributed by atoms with Crippen molar-refractivity contribution < 1.29 is 14.2 Å². The van der Waals surface area contributed by atoms with E-state index >= 15 is 0 Å². The van der Waals surface area contributed by atoms with E-state index in [1.165, 1.54) is 18.9 Å². The highest BCUT2D eigenvalue weighted by Crippen LogP contribution is 2.31. The molecule has 1 saturated carbocycles. The molecule has 1 aliphatic carbocycles. The largest absolute Gasteiger partial charge is 0.489 e. The van der Waals surface area contributed by atoms with Crippen LogP contribution in [0.2, 0.25) is 0 Å². The third kappa shape index (κ3) is 4.90. The number of rotatable bonds is 5. The Morgan fingerprint density at radius 3 is 2.70 bits per heavy atom. The molecule has 2 unspecified atom stereocenters. The van der Waals surface area contributed by atoms with Crippen molar-refractivity contribution in [2.24, 2.45) is 5.92 Å². The Bertz CT molecular complexity index is 1280. The molecule has 2 atom stereocenters. The predicted molar refractivity (Wildman–Crippen MR) is 127 cm³/mol. The SMILES string of the molecule is Cc1cc(OCC2COc3ccccc3O2)cc(=O)n1C(C)c1cccc(C#CC2CC2)c1. The zero-order valence-corrected chi connectivity index (χ0v) is 18.9. The molecule has 5 heteroatoms. The Morgan fingerprint density at radius 1 is 1.09 bits per heavy atom. The molecular formula is C28H27NO4. The zero-order chi connectivity index (χ0) is 22.8. The highest BCUT2D eigenvalue weighted by molar-refractivity contribution is 5.41. The highest BCUT2D eigenvalue weighted by Gasteiger charge is 2.22. The topological polar surface area (TPSA) is 49.7 Å². The Morgan fingerprint density at radius 2 is 1.91 bits per heavy atom. The quantitative estimate of drug-likeness (QED) is 0.537. The summed E-state index contributed by atoms with van der Waals surface area (Å²) >= 11 is 0. The summed E-state index contributed by atoms with van der Waals surface area (Å²) in [4.78, 5) is 13.0. The first-order valence-electron chi connectivity index (χ1n) is 11.4. The van der Waals surface area contributed by atoms with Gasteiger partial charge >= 0.3 is 0 Å². The van der Waals surface area contributed by atoms with Gasteiger partial charge in [-0.15, -0.1) is 0 Å². The van der Waals surface area contributed by atoms with Crippen molar-refractivity contribution in [3.05, 3.63) is 87.8 Å². The molecule has 0 spiro atoms. The molecule has 33 heavy (non-hydrogen) atoms. The van der Waals surface area contributed by atoms with Crippen molar-refractivity contribution in [1.82, 2.24) is 4.57 Å². The predicted octanol–water partition coefficient (Wildman–Crippen LogP) is 4.75. The molecule has 0 saturated heterocycles. The molecule has 5 nitrogen and oxygen atoms in total. The van der Waals surface area contributed by atoms with E-state index in [4.69, 9.17) is 14.2 Å². The van der Waals surface area contributed by atoms with E-state index in [2.05, 4.69) is 17.9 Å². The van der Waals surface area contributed by atoms with Crippen molar-refractivity contribution in [2.45, 2.75) is 38.8 Å². The summed E-state index contributed by atoms with van der Waals surface area (Å²) in [5.74, 6) is 9.11. The molecule has 0 N–H and O–H groups in total. The standard InChI is InChI=1S/C28H27NO4/c1-19-14-24(31-17-25-18-32-26-8-3-4-9-27(26)33-25)16-28(30)29(19)20(2)23-7-5-6-22(15-23)13-12-21-10-11-21/h3-9,14-16,20-21,25H,10-11,17-18H2,1-2H3. The number of hydrogen-bond donors (Lipinski definition) is 0. The molecule has 3 aromatic rings. The second-order valence-electron chi connectivity index (χ2n) is 8.69. The molecule has 168 valence electrons. The third-order valence-electron chi connectivity index (χ3n) is 5.99. The van der Waals surface area contributed by atoms with Gasteiger partial charge in [-0.2, -0.15) is 0 Å². The molecule has 2 aromatic carbocycles. The Hall–Kier alpha value is -3.65. The number of ether oxygens (including phenoxy) is 3. The first kappa shape index (κ1) is 21.2. The lowest BCUT2D eigenvalue weighted by Crippen LogP contribution is -2.34. The number of hydrogen-bond acceptors (Lipinski definition) is 4. The van der Waals surface area contributed by atoms with Crippen LogP contribution in [0.1, 0.15) is 42.6 Å². The number of aryl methyl sites for hydroxylation is 1. The normalized spacial score (nSPS) is 17.6. The van der Waals surface area contributed by atoms with Gasteiger partial charge in [0.05, 0.1) is 6.04 Å². The lowest BCUT2D eigenvalue weighted by molar-refractivity contribution is 0.0534. The zero-order valence-electron chi connectivity index (χ0n) is 18.9. The summed E-state index contributed by atoms with van der Waals surface area (Å²) in [6, 6.07) is 19.0. The van der Waals surface area contributed by atoms with Gasteiger partial charge in [-0.1, -0.05) is 36.1 Å². The Balaban J connectivity index is 1.28. The highest BCUT2D eigenvalue weighted by atomic mass is 16.6. The average molecular weight is 442 g/mol. The number of fused-ring (bicyclic) bond motifs is 1. The van der Waals surface area contributed by atoms with Crippen molar-refractivity contribution >= 4 is 0 Å². The molecular weight excluding hydrogens is 414 g/mol. The van der Waals surface area contributed by atoms with Crippen molar-refractivity contribution in [3.63, 3.8) is 0 Å². The number of aromatic nitrogens is 1. The number of pyridine rings is 1. The van der Waals surface area contributed by atoms with E-state index in [1.54, 1.807) is 4.57 Å². The fourth-order valence-electron chi connectivity index (χ4n) is 4.03. The molecule has 1 aromatic heterocycles. The van der Waals surface area contributed by atoms with Gasteiger partial charge in [0.1, 0.15) is 19.0 Å². The van der Waals surface area contributed by atoms with Gasteiger partial charge in [0.15, 0.2) is 17.6 Å². The van der Waals surface area contributed by atoms with Crippen LogP contribution < -0.4 is 19.8 Å². The van der Waals surface area contributed by atoms with Crippen LogP contribution in [0.4, 0.5) is 0 Å². The molecule has 5 rings (SSSR count). The summed E-state index contributed by atoms with van der Waals surface area (Å²) in [7, 11) is 0. The summed E-state index contributed by atoms with van der Waals surface area (Å²) in [5, 5.41) is 0. The molecule has 2 aliphatic rings. The molecule has 0 radical (unpaired) electrons. The van der Waals surface area contributed by atoms with E-state index < -0.39 is 0 Å². The van der Waals surface area contributed by atoms with Crippen LogP contribution in [0.15, 0.2) is 65.5 Å². The van der Waals surface area contributed by atoms with Crippen LogP contribution in [0.3, 0.4) is 0 Å². The maximum absolute atomic E-state index is 13.0. The van der Waals surface area contributed by atoms with E-state index in [9.17, 15) is 4.79 Å². The van der Waals surface area contributed by atoms with Gasteiger partial charge in [0, 0.05) is 23.2 Å². The minimum Gasteiger partial charge on any atom is -0.489 e. The van der Waals surface area contributed by atoms with E-state index in [0.29, 0.717) is 30.6 Å². The van der Waals surface area contributed by atoms with Gasteiger partial charge in [-0.05, 0) is 62.6 Å². The molecule has 2 heterocycles.